The van der Waals surface area contributed by atoms with Gasteiger partial charge in [0.2, 0.25) is 11.8 Å². The predicted molar refractivity (Wildman–Crippen MR) is 123 cm³/mol. The highest BCUT2D eigenvalue weighted by Crippen LogP contribution is 2.32. The van der Waals surface area contributed by atoms with Crippen LogP contribution in [-0.4, -0.2) is 26.8 Å². The number of carbonyl (C=O) groups excluding carboxylic acids is 2. The maximum absolute atomic E-state index is 13.0. The quantitative estimate of drug-likeness (QED) is 0.674. The first kappa shape index (κ1) is 22.8. The molecule has 2 aromatic rings. The van der Waals surface area contributed by atoms with E-state index in [1.807, 2.05) is 17.0 Å². The maximum atomic E-state index is 13.0. The number of carbonyl (C=O) groups is 2. The summed E-state index contributed by atoms with van der Waals surface area (Å²) in [6.45, 7) is 7.99. The Hall–Kier alpha value is -2.87. The van der Waals surface area contributed by atoms with E-state index in [-0.39, 0.29) is 16.7 Å². The van der Waals surface area contributed by atoms with Gasteiger partial charge in [0, 0.05) is 37.0 Å². The van der Waals surface area contributed by atoms with Crippen LogP contribution in [0.2, 0.25) is 0 Å². The van der Waals surface area contributed by atoms with Gasteiger partial charge in [0.15, 0.2) is 0 Å². The van der Waals surface area contributed by atoms with Crippen LogP contribution in [0.5, 0.6) is 0 Å². The number of fused-ring (bicyclic) bond motifs is 1. The zero-order valence-electron chi connectivity index (χ0n) is 18.4. The molecule has 1 aliphatic rings. The van der Waals surface area contributed by atoms with Crippen molar-refractivity contribution < 1.29 is 18.0 Å². The fraction of sp³-hybridized carbons (Fsp3) is 0.391. The number of hydrogen-bond donors (Lipinski definition) is 2. The fourth-order valence-corrected chi connectivity index (χ4v) is 4.98. The molecule has 0 radical (unpaired) electrons. The first-order chi connectivity index (χ1) is 14.6. The van der Waals surface area contributed by atoms with Crippen molar-refractivity contribution in [2.24, 2.45) is 5.92 Å². The molecule has 0 atom stereocenters. The van der Waals surface area contributed by atoms with Crippen molar-refractivity contribution in [3.05, 3.63) is 47.5 Å². The predicted octanol–water partition coefficient (Wildman–Crippen LogP) is 4.08. The molecule has 3 rings (SSSR count). The lowest BCUT2D eigenvalue weighted by Crippen LogP contribution is -2.36. The summed E-state index contributed by atoms with van der Waals surface area (Å²) in [5.41, 5.74) is 3.35. The average molecular weight is 444 g/mol. The molecular formula is C23H29N3O4S. The minimum atomic E-state index is -3.80. The molecular weight excluding hydrogens is 414 g/mol. The zero-order valence-corrected chi connectivity index (χ0v) is 19.2. The van der Waals surface area contributed by atoms with Gasteiger partial charge in [-0.1, -0.05) is 13.8 Å². The second kappa shape index (κ2) is 9.09. The molecule has 2 N–H and O–H groups in total. The van der Waals surface area contributed by atoms with E-state index in [1.54, 1.807) is 25.1 Å². The Balaban J connectivity index is 1.83. The summed E-state index contributed by atoms with van der Waals surface area (Å²) in [4.78, 5) is 25.6. The van der Waals surface area contributed by atoms with Crippen LogP contribution >= 0.6 is 0 Å². The van der Waals surface area contributed by atoms with Crippen LogP contribution in [0.25, 0.3) is 0 Å². The number of nitrogens with zero attached hydrogens (tertiary/aromatic N) is 1. The summed E-state index contributed by atoms with van der Waals surface area (Å²) in [6, 6.07) is 9.99. The smallest absolute Gasteiger partial charge is 0.262 e. The third-order valence-corrected chi connectivity index (χ3v) is 6.79. The lowest BCUT2D eigenvalue weighted by Gasteiger charge is -2.30. The van der Waals surface area contributed by atoms with Crippen molar-refractivity contribution in [1.29, 1.82) is 0 Å². The number of anilines is 3. The van der Waals surface area contributed by atoms with Gasteiger partial charge in [-0.15, -0.1) is 0 Å². The van der Waals surface area contributed by atoms with Crippen LogP contribution in [0, 0.1) is 12.8 Å². The standard InChI is InChI=1S/C23H29N3O4S/c1-15(2)11-12-26-21-8-6-20(14-18(21)5-10-23(26)28)25-31(29,30)22-9-7-19(13-16(22)3)24-17(4)27/h6-9,13-15,25H,5,10-12H2,1-4H3,(H,24,27). The van der Waals surface area contributed by atoms with Crippen molar-refractivity contribution in [2.75, 3.05) is 21.5 Å². The molecule has 2 amide bonds. The van der Waals surface area contributed by atoms with Gasteiger partial charge in [-0.2, -0.15) is 0 Å². The maximum Gasteiger partial charge on any atom is 0.262 e. The van der Waals surface area contributed by atoms with Crippen LogP contribution < -0.4 is 14.9 Å². The molecule has 2 aromatic carbocycles. The highest BCUT2D eigenvalue weighted by atomic mass is 32.2. The number of rotatable bonds is 7. The zero-order chi connectivity index (χ0) is 22.8. The van der Waals surface area contributed by atoms with Crippen molar-refractivity contribution in [3.8, 4) is 0 Å². The molecule has 166 valence electrons. The lowest BCUT2D eigenvalue weighted by molar-refractivity contribution is -0.119. The van der Waals surface area contributed by atoms with E-state index in [0.717, 1.165) is 17.7 Å². The number of aryl methyl sites for hydroxylation is 2. The average Bonchev–Trinajstić information content (AvgIpc) is 2.66. The van der Waals surface area contributed by atoms with E-state index in [2.05, 4.69) is 23.9 Å². The fourth-order valence-electron chi connectivity index (χ4n) is 3.70. The molecule has 0 unspecified atom stereocenters. The van der Waals surface area contributed by atoms with Gasteiger partial charge in [0.1, 0.15) is 0 Å². The number of amides is 2. The van der Waals surface area contributed by atoms with Crippen molar-refractivity contribution in [3.63, 3.8) is 0 Å². The highest BCUT2D eigenvalue weighted by Gasteiger charge is 2.25. The molecule has 0 spiro atoms. The molecule has 31 heavy (non-hydrogen) atoms. The van der Waals surface area contributed by atoms with Gasteiger partial charge in [-0.25, -0.2) is 8.42 Å². The number of sulfonamides is 1. The monoisotopic (exact) mass is 443 g/mol. The number of hydrogen-bond acceptors (Lipinski definition) is 4. The molecule has 0 fully saturated rings. The SMILES string of the molecule is CC(=O)Nc1ccc(S(=O)(=O)Nc2ccc3c(c2)CCC(=O)N3CCC(C)C)c(C)c1. The number of benzene rings is 2. The van der Waals surface area contributed by atoms with Crippen LogP contribution in [0.15, 0.2) is 41.3 Å². The summed E-state index contributed by atoms with van der Waals surface area (Å²) >= 11 is 0. The second-order valence-corrected chi connectivity index (χ2v) is 9.99. The van der Waals surface area contributed by atoms with Crippen LogP contribution in [0.4, 0.5) is 17.1 Å². The summed E-state index contributed by atoms with van der Waals surface area (Å²) in [5, 5.41) is 2.65. The van der Waals surface area contributed by atoms with E-state index in [9.17, 15) is 18.0 Å². The van der Waals surface area contributed by atoms with Crippen molar-refractivity contribution >= 4 is 38.9 Å². The van der Waals surface area contributed by atoms with E-state index < -0.39 is 10.0 Å². The topological polar surface area (TPSA) is 95.6 Å². The summed E-state index contributed by atoms with van der Waals surface area (Å²) in [5.74, 6) is 0.379. The van der Waals surface area contributed by atoms with Crippen molar-refractivity contribution in [2.45, 2.75) is 51.9 Å². The highest BCUT2D eigenvalue weighted by molar-refractivity contribution is 7.92. The van der Waals surface area contributed by atoms with E-state index >= 15 is 0 Å². The minimum Gasteiger partial charge on any atom is -0.326 e. The van der Waals surface area contributed by atoms with Crippen LogP contribution in [0.1, 0.15) is 44.7 Å². The molecule has 0 aliphatic carbocycles. The molecule has 7 nitrogen and oxygen atoms in total. The number of nitrogens with one attached hydrogen (secondary N) is 2. The van der Waals surface area contributed by atoms with Crippen LogP contribution in [-0.2, 0) is 26.0 Å². The Labute approximate surface area is 183 Å². The summed E-state index contributed by atoms with van der Waals surface area (Å²) in [7, 11) is -3.80. The Morgan fingerprint density at radius 3 is 2.45 bits per heavy atom. The van der Waals surface area contributed by atoms with E-state index in [1.165, 1.54) is 13.0 Å². The lowest BCUT2D eigenvalue weighted by atomic mass is 9.99. The van der Waals surface area contributed by atoms with Gasteiger partial charge in [-0.3, -0.25) is 14.3 Å². The van der Waals surface area contributed by atoms with Gasteiger partial charge in [-0.05, 0) is 73.2 Å². The van der Waals surface area contributed by atoms with Gasteiger partial charge in [0.25, 0.3) is 10.0 Å². The molecule has 0 bridgehead atoms. The first-order valence-corrected chi connectivity index (χ1v) is 11.9. The Morgan fingerprint density at radius 1 is 1.10 bits per heavy atom. The largest absolute Gasteiger partial charge is 0.326 e. The molecule has 0 saturated carbocycles. The molecule has 0 aromatic heterocycles. The Morgan fingerprint density at radius 2 is 1.81 bits per heavy atom. The Bertz CT molecular complexity index is 1110. The van der Waals surface area contributed by atoms with E-state index in [4.69, 9.17) is 0 Å². The molecule has 1 aliphatic heterocycles. The first-order valence-electron chi connectivity index (χ1n) is 10.4. The van der Waals surface area contributed by atoms with Gasteiger partial charge >= 0.3 is 0 Å². The Kier molecular flexibility index (Phi) is 6.69. The third kappa shape index (κ3) is 5.44. The summed E-state index contributed by atoms with van der Waals surface area (Å²) < 4.78 is 28.6. The third-order valence-electron chi connectivity index (χ3n) is 5.25. The minimum absolute atomic E-state index is 0.108. The van der Waals surface area contributed by atoms with Gasteiger partial charge < -0.3 is 10.2 Å². The summed E-state index contributed by atoms with van der Waals surface area (Å²) in [6.07, 6.45) is 1.92. The normalized spacial score (nSPS) is 13.8. The second-order valence-electron chi connectivity index (χ2n) is 8.34. The molecule has 1 heterocycles. The van der Waals surface area contributed by atoms with Crippen molar-refractivity contribution in [1.82, 2.24) is 0 Å². The molecule has 0 saturated heterocycles. The molecule has 8 heteroatoms. The van der Waals surface area contributed by atoms with Crippen LogP contribution in [0.3, 0.4) is 0 Å². The van der Waals surface area contributed by atoms with Gasteiger partial charge in [0.05, 0.1) is 4.90 Å². The van der Waals surface area contributed by atoms with E-state index in [0.29, 0.717) is 42.2 Å².